The molecule has 1 fully saturated rings. The number of amides is 2. The van der Waals surface area contributed by atoms with E-state index in [1.807, 2.05) is 70.4 Å². The molecule has 3 aromatic rings. The fraction of sp³-hybridized carbons (Fsp3) is 0.238. The van der Waals surface area contributed by atoms with Crippen LogP contribution in [0.4, 0.5) is 5.69 Å². The number of aromatic nitrogens is 3. The molecule has 1 aliphatic heterocycles. The molecule has 0 radical (unpaired) electrons. The number of benzene rings is 2. The van der Waals surface area contributed by atoms with E-state index in [-0.39, 0.29) is 17.9 Å². The van der Waals surface area contributed by atoms with Crippen LogP contribution < -0.4 is 5.32 Å². The minimum atomic E-state index is -0.112. The largest absolute Gasteiger partial charge is 0.338 e. The monoisotopic (exact) mass is 375 g/mol. The van der Waals surface area contributed by atoms with Crippen LogP contribution >= 0.6 is 0 Å². The second-order valence-corrected chi connectivity index (χ2v) is 6.96. The van der Waals surface area contributed by atoms with Crippen LogP contribution in [0.2, 0.25) is 0 Å². The molecule has 4 rings (SSSR count). The van der Waals surface area contributed by atoms with Crippen molar-refractivity contribution in [3.63, 3.8) is 0 Å². The van der Waals surface area contributed by atoms with Gasteiger partial charge in [0.25, 0.3) is 0 Å². The van der Waals surface area contributed by atoms with Crippen LogP contribution in [-0.2, 0) is 16.0 Å². The normalized spacial score (nSPS) is 13.8. The quantitative estimate of drug-likeness (QED) is 0.743. The van der Waals surface area contributed by atoms with Crippen molar-refractivity contribution in [3.05, 3.63) is 66.4 Å². The van der Waals surface area contributed by atoms with E-state index in [2.05, 4.69) is 15.6 Å². The SMILES string of the molecule is CC(=O)Nc1ccc(CC(=O)N2CC(n3cc(-c4ccccc4)nn3)C2)cc1. The Bertz CT molecular complexity index is 976. The van der Waals surface area contributed by atoms with Gasteiger partial charge in [0, 0.05) is 31.3 Å². The van der Waals surface area contributed by atoms with Gasteiger partial charge in [-0.15, -0.1) is 5.10 Å². The van der Waals surface area contributed by atoms with Crippen LogP contribution in [0, 0.1) is 0 Å². The van der Waals surface area contributed by atoms with Crippen LogP contribution in [0.5, 0.6) is 0 Å². The van der Waals surface area contributed by atoms with E-state index in [0.717, 1.165) is 22.5 Å². The molecule has 1 aromatic heterocycles. The van der Waals surface area contributed by atoms with E-state index in [1.165, 1.54) is 6.92 Å². The van der Waals surface area contributed by atoms with Crippen molar-refractivity contribution in [2.75, 3.05) is 18.4 Å². The predicted molar refractivity (Wildman–Crippen MR) is 106 cm³/mol. The summed E-state index contributed by atoms with van der Waals surface area (Å²) >= 11 is 0. The molecule has 2 amide bonds. The highest BCUT2D eigenvalue weighted by molar-refractivity contribution is 5.88. The Balaban J connectivity index is 1.31. The average Bonchev–Trinajstić information content (AvgIpc) is 3.12. The summed E-state index contributed by atoms with van der Waals surface area (Å²) in [5.41, 5.74) is 3.52. The first kappa shape index (κ1) is 17.9. The van der Waals surface area contributed by atoms with Gasteiger partial charge in [-0.3, -0.25) is 9.59 Å². The second kappa shape index (κ2) is 7.64. The zero-order valence-corrected chi connectivity index (χ0v) is 15.6. The van der Waals surface area contributed by atoms with Crippen molar-refractivity contribution >= 4 is 17.5 Å². The topological polar surface area (TPSA) is 80.1 Å². The van der Waals surface area contributed by atoms with E-state index < -0.39 is 0 Å². The lowest BCUT2D eigenvalue weighted by molar-refractivity contribution is -0.136. The summed E-state index contributed by atoms with van der Waals surface area (Å²) in [5.74, 6) is -0.0223. The Morgan fingerprint density at radius 2 is 1.79 bits per heavy atom. The number of nitrogens with one attached hydrogen (secondary N) is 1. The number of hydrogen-bond acceptors (Lipinski definition) is 4. The molecule has 28 heavy (non-hydrogen) atoms. The first-order chi connectivity index (χ1) is 13.6. The van der Waals surface area contributed by atoms with Gasteiger partial charge in [-0.1, -0.05) is 47.7 Å². The number of likely N-dealkylation sites (tertiary alicyclic amines) is 1. The van der Waals surface area contributed by atoms with Crippen molar-refractivity contribution < 1.29 is 9.59 Å². The fourth-order valence-electron chi connectivity index (χ4n) is 3.22. The molecule has 2 heterocycles. The van der Waals surface area contributed by atoms with Crippen molar-refractivity contribution in [1.82, 2.24) is 19.9 Å². The zero-order valence-electron chi connectivity index (χ0n) is 15.6. The highest BCUT2D eigenvalue weighted by Gasteiger charge is 2.32. The minimum Gasteiger partial charge on any atom is -0.338 e. The van der Waals surface area contributed by atoms with Gasteiger partial charge in [-0.25, -0.2) is 4.68 Å². The van der Waals surface area contributed by atoms with Crippen LogP contribution in [0.1, 0.15) is 18.5 Å². The smallest absolute Gasteiger partial charge is 0.227 e. The maximum atomic E-state index is 12.5. The van der Waals surface area contributed by atoms with Crippen molar-refractivity contribution in [3.8, 4) is 11.3 Å². The molecule has 0 spiro atoms. The molecule has 0 bridgehead atoms. The van der Waals surface area contributed by atoms with E-state index in [1.54, 1.807) is 0 Å². The molecular formula is C21H21N5O2. The predicted octanol–water partition coefficient (Wildman–Crippen LogP) is 2.53. The van der Waals surface area contributed by atoms with E-state index in [0.29, 0.717) is 19.5 Å². The molecule has 0 unspecified atom stereocenters. The first-order valence-electron chi connectivity index (χ1n) is 9.20. The van der Waals surface area contributed by atoms with Gasteiger partial charge in [-0.05, 0) is 17.7 Å². The molecule has 0 atom stereocenters. The Kier molecular flexibility index (Phi) is 4.89. The molecule has 1 N–H and O–H groups in total. The van der Waals surface area contributed by atoms with Crippen LogP contribution in [-0.4, -0.2) is 44.8 Å². The fourth-order valence-corrected chi connectivity index (χ4v) is 3.22. The van der Waals surface area contributed by atoms with Gasteiger partial charge in [0.1, 0.15) is 5.69 Å². The zero-order chi connectivity index (χ0) is 19.5. The van der Waals surface area contributed by atoms with Gasteiger partial charge in [0.15, 0.2) is 0 Å². The lowest BCUT2D eigenvalue weighted by Gasteiger charge is -2.39. The number of carbonyl (C=O) groups excluding carboxylic acids is 2. The maximum Gasteiger partial charge on any atom is 0.227 e. The van der Waals surface area contributed by atoms with Gasteiger partial charge >= 0.3 is 0 Å². The third kappa shape index (κ3) is 3.93. The van der Waals surface area contributed by atoms with Gasteiger partial charge in [-0.2, -0.15) is 0 Å². The standard InChI is InChI=1S/C21H21N5O2/c1-15(27)22-18-9-7-16(8-10-18)11-21(28)25-12-19(13-25)26-14-20(23-24-26)17-5-3-2-4-6-17/h2-10,14,19H,11-13H2,1H3,(H,22,27). The highest BCUT2D eigenvalue weighted by atomic mass is 16.2. The molecule has 1 aliphatic rings. The molecule has 0 aliphatic carbocycles. The van der Waals surface area contributed by atoms with Gasteiger partial charge in [0.2, 0.25) is 11.8 Å². The Hall–Kier alpha value is -3.48. The van der Waals surface area contributed by atoms with Gasteiger partial charge in [0.05, 0.1) is 18.7 Å². The van der Waals surface area contributed by atoms with Crippen molar-refractivity contribution in [2.45, 2.75) is 19.4 Å². The summed E-state index contributed by atoms with van der Waals surface area (Å²) < 4.78 is 1.84. The summed E-state index contributed by atoms with van der Waals surface area (Å²) in [5, 5.41) is 11.2. The first-order valence-corrected chi connectivity index (χ1v) is 9.20. The minimum absolute atomic E-state index is 0.0897. The van der Waals surface area contributed by atoms with E-state index in [9.17, 15) is 9.59 Å². The Morgan fingerprint density at radius 3 is 2.46 bits per heavy atom. The molecule has 7 heteroatoms. The van der Waals surface area contributed by atoms with E-state index >= 15 is 0 Å². The summed E-state index contributed by atoms with van der Waals surface area (Å²) in [6.45, 7) is 2.75. The Morgan fingerprint density at radius 1 is 1.07 bits per heavy atom. The summed E-state index contributed by atoms with van der Waals surface area (Å²) in [6, 6.07) is 17.4. The number of rotatable bonds is 5. The molecule has 7 nitrogen and oxygen atoms in total. The molecule has 0 saturated carbocycles. The Labute approximate surface area is 163 Å². The van der Waals surface area contributed by atoms with Crippen LogP contribution in [0.3, 0.4) is 0 Å². The second-order valence-electron chi connectivity index (χ2n) is 6.96. The van der Waals surface area contributed by atoms with Crippen molar-refractivity contribution in [2.24, 2.45) is 0 Å². The maximum absolute atomic E-state index is 12.5. The van der Waals surface area contributed by atoms with Crippen LogP contribution in [0.25, 0.3) is 11.3 Å². The molecule has 1 saturated heterocycles. The summed E-state index contributed by atoms with van der Waals surface area (Å²) in [7, 11) is 0. The third-order valence-electron chi connectivity index (χ3n) is 4.80. The number of nitrogens with zero attached hydrogens (tertiary/aromatic N) is 4. The molecule has 142 valence electrons. The highest BCUT2D eigenvalue weighted by Crippen LogP contribution is 2.24. The number of carbonyl (C=O) groups is 2. The van der Waals surface area contributed by atoms with E-state index in [4.69, 9.17) is 0 Å². The van der Waals surface area contributed by atoms with Gasteiger partial charge < -0.3 is 10.2 Å². The summed E-state index contributed by atoms with van der Waals surface area (Å²) in [6.07, 6.45) is 2.28. The lowest BCUT2D eigenvalue weighted by Crippen LogP contribution is -2.51. The number of hydrogen-bond donors (Lipinski definition) is 1. The number of anilines is 1. The average molecular weight is 375 g/mol. The summed E-state index contributed by atoms with van der Waals surface area (Å²) in [4.78, 5) is 25.4. The molecular weight excluding hydrogens is 354 g/mol. The molecule has 2 aromatic carbocycles. The van der Waals surface area contributed by atoms with Crippen LogP contribution in [0.15, 0.2) is 60.8 Å². The lowest BCUT2D eigenvalue weighted by atomic mass is 10.1. The third-order valence-corrected chi connectivity index (χ3v) is 4.80. The van der Waals surface area contributed by atoms with Crippen molar-refractivity contribution in [1.29, 1.82) is 0 Å².